The molecule has 3 rings (SSSR count). The Balaban J connectivity index is 0. The van der Waals surface area contributed by atoms with E-state index < -0.39 is 0 Å². The Morgan fingerprint density at radius 1 is 1.21 bits per heavy atom. The Kier molecular flexibility index (Phi) is 14.5. The van der Waals surface area contributed by atoms with Gasteiger partial charge in [0.2, 0.25) is 5.52 Å². The molecule has 159 valence electrons. The van der Waals surface area contributed by atoms with E-state index in [0.29, 0.717) is 5.92 Å². The molecule has 4 nitrogen and oxygen atoms in total. The van der Waals surface area contributed by atoms with Gasteiger partial charge in [0.05, 0.1) is 11.1 Å². The number of anilines is 1. The molecule has 1 heterocycles. The van der Waals surface area contributed by atoms with Crippen LogP contribution in [0.3, 0.4) is 0 Å². The number of hydrogen-bond acceptors (Lipinski definition) is 3. The fourth-order valence-corrected chi connectivity index (χ4v) is 3.98. The number of aromatic amines is 1. The zero-order chi connectivity index (χ0) is 18.4. The van der Waals surface area contributed by atoms with Gasteiger partial charge in [-0.15, -0.1) is 0 Å². The standard InChI is InChI=1S/C19H25ClN3.CHO.2CH3.Mn/c1-13-8-14(15(9-13)12-23(2)3)11-22-18-6-7-21-19-10-16(20)4-5-17(18)19;1-2;;;/h4-7,10,14-15H,8-9,11-12H2,1-3H3,(H,21,22);1H;2*1H3;/q4*-1;/p+1. The van der Waals surface area contributed by atoms with Crippen LogP contribution in [-0.4, -0.2) is 38.9 Å². The van der Waals surface area contributed by atoms with Crippen molar-refractivity contribution in [2.45, 2.75) is 19.8 Å². The molecule has 1 aromatic carbocycles. The van der Waals surface area contributed by atoms with E-state index in [1.54, 1.807) is 5.92 Å². The third-order valence-corrected chi connectivity index (χ3v) is 5.04. The van der Waals surface area contributed by atoms with E-state index in [1.807, 2.05) is 18.3 Å². The molecule has 28 heavy (non-hydrogen) atoms. The van der Waals surface area contributed by atoms with Gasteiger partial charge in [-0.25, -0.2) is 4.98 Å². The van der Waals surface area contributed by atoms with Crippen LogP contribution in [0.25, 0.3) is 10.9 Å². The van der Waals surface area contributed by atoms with E-state index in [9.17, 15) is 0 Å². The van der Waals surface area contributed by atoms with Crippen molar-refractivity contribution in [1.82, 2.24) is 4.90 Å². The molecule has 1 radical (unpaired) electrons. The van der Waals surface area contributed by atoms with Crippen molar-refractivity contribution in [2.24, 2.45) is 11.8 Å². The second-order valence-electron chi connectivity index (χ2n) is 7.11. The molecule has 1 aliphatic rings. The van der Waals surface area contributed by atoms with Crippen molar-refractivity contribution in [2.75, 3.05) is 32.5 Å². The van der Waals surface area contributed by atoms with Gasteiger partial charge in [-0.2, -0.15) is 19.8 Å². The zero-order valence-corrected chi connectivity index (χ0v) is 19.5. The Hall–Kier alpha value is -1.13. The normalized spacial score (nSPS) is 18.3. The average Bonchev–Trinajstić information content (AvgIpc) is 2.93. The van der Waals surface area contributed by atoms with Gasteiger partial charge < -0.3 is 35.8 Å². The second-order valence-corrected chi connectivity index (χ2v) is 7.55. The molecule has 2 N–H and O–H groups in total. The molecule has 6 heteroatoms. The van der Waals surface area contributed by atoms with Gasteiger partial charge in [0, 0.05) is 40.8 Å². The summed E-state index contributed by atoms with van der Waals surface area (Å²) in [6.07, 6.45) is 4.49. The van der Waals surface area contributed by atoms with Crippen LogP contribution in [0.15, 0.2) is 30.5 Å². The second kappa shape index (κ2) is 13.9. The monoisotopic (exact) mass is 445 g/mol. The SMILES string of the molecule is C[C-]1CC(CNc2cc[nH+]c3cc(Cl)ccc23)C(CN(C)C)C1.[CH-]=O.[CH3-].[CH3-].[Mn]. The van der Waals surface area contributed by atoms with Gasteiger partial charge in [0.15, 0.2) is 6.20 Å². The Labute approximate surface area is 186 Å². The van der Waals surface area contributed by atoms with Crippen LogP contribution >= 0.6 is 11.6 Å². The quantitative estimate of drug-likeness (QED) is 0.418. The summed E-state index contributed by atoms with van der Waals surface area (Å²) < 4.78 is 0. The number of aromatic nitrogens is 1. The predicted octanol–water partition coefficient (Wildman–Crippen LogP) is 4.53. The Morgan fingerprint density at radius 2 is 1.86 bits per heavy atom. The molecule has 0 aliphatic heterocycles. The smallest absolute Gasteiger partial charge is 0.214 e. The van der Waals surface area contributed by atoms with Gasteiger partial charge in [-0.05, 0) is 38.7 Å². The summed E-state index contributed by atoms with van der Waals surface area (Å²) in [5.41, 5.74) is 2.25. The first-order chi connectivity index (χ1) is 12.0. The molecule has 2 unspecified atom stereocenters. The van der Waals surface area contributed by atoms with E-state index in [0.717, 1.165) is 23.0 Å². The van der Waals surface area contributed by atoms with Gasteiger partial charge in [0.25, 0.3) is 0 Å². The van der Waals surface area contributed by atoms with Crippen LogP contribution < -0.4 is 10.3 Å². The summed E-state index contributed by atoms with van der Waals surface area (Å²) in [6, 6.07) is 8.12. The van der Waals surface area contributed by atoms with E-state index in [4.69, 9.17) is 16.4 Å². The molecule has 0 spiro atoms. The number of benzene rings is 1. The number of rotatable bonds is 5. The third kappa shape index (κ3) is 7.71. The molecule has 2 atom stereocenters. The Morgan fingerprint density at radius 3 is 2.50 bits per heavy atom. The number of fused-ring (bicyclic) bond motifs is 1. The maximum absolute atomic E-state index is 7.75. The summed E-state index contributed by atoms with van der Waals surface area (Å²) >= 11 is 6.09. The summed E-state index contributed by atoms with van der Waals surface area (Å²) in [4.78, 5) is 13.3. The number of hydrogen-bond donors (Lipinski definition) is 1. The molecule has 0 bridgehead atoms. The first kappa shape index (κ1) is 29.1. The van der Waals surface area contributed by atoms with Gasteiger partial charge in [-0.1, -0.05) is 17.5 Å². The Bertz CT molecular complexity index is 699. The average molecular weight is 446 g/mol. The largest absolute Gasteiger partial charge is 0.545 e. The molecule has 1 fully saturated rings. The topological polar surface area (TPSA) is 46.5 Å². The summed E-state index contributed by atoms with van der Waals surface area (Å²) in [6.45, 7) is 7.75. The van der Waals surface area contributed by atoms with Crippen LogP contribution in [0.4, 0.5) is 5.69 Å². The number of halogens is 1. The van der Waals surface area contributed by atoms with Crippen molar-refractivity contribution in [3.05, 3.63) is 56.3 Å². The minimum atomic E-state index is 0. The first-order valence-electron chi connectivity index (χ1n) is 8.56. The maximum atomic E-state index is 7.75. The summed E-state index contributed by atoms with van der Waals surface area (Å²) in [7, 11) is 4.34. The van der Waals surface area contributed by atoms with E-state index in [-0.39, 0.29) is 31.9 Å². The van der Waals surface area contributed by atoms with E-state index >= 15 is 0 Å². The summed E-state index contributed by atoms with van der Waals surface area (Å²) in [5.74, 6) is 3.11. The third-order valence-electron chi connectivity index (χ3n) is 4.80. The fraction of sp³-hybridized carbons (Fsp3) is 0.409. The molecule has 2 aromatic rings. The van der Waals surface area contributed by atoms with Crippen molar-refractivity contribution in [3.63, 3.8) is 0 Å². The number of nitrogens with zero attached hydrogens (tertiary/aromatic N) is 1. The number of H-pyrrole nitrogens is 1. The molecule has 1 saturated carbocycles. The van der Waals surface area contributed by atoms with Crippen molar-refractivity contribution >= 4 is 35.0 Å². The van der Waals surface area contributed by atoms with Gasteiger partial charge >= 0.3 is 0 Å². The van der Waals surface area contributed by atoms with Crippen LogP contribution in [-0.2, 0) is 21.9 Å². The van der Waals surface area contributed by atoms with E-state index in [1.165, 1.54) is 30.5 Å². The molecule has 0 amide bonds. The van der Waals surface area contributed by atoms with Gasteiger partial charge in [0.1, 0.15) is 0 Å². The van der Waals surface area contributed by atoms with E-state index in [2.05, 4.69) is 55.1 Å². The fourth-order valence-electron chi connectivity index (χ4n) is 3.80. The van der Waals surface area contributed by atoms with Gasteiger partial charge in [-0.3, -0.25) is 6.79 Å². The minimum Gasteiger partial charge on any atom is -0.545 e. The number of nitrogens with one attached hydrogen (secondary N) is 2. The molecular formula is C22H33ClMnN3O-3. The molecule has 1 aliphatic carbocycles. The number of pyridine rings is 1. The molecule has 1 aromatic heterocycles. The maximum Gasteiger partial charge on any atom is 0.214 e. The zero-order valence-electron chi connectivity index (χ0n) is 17.6. The molecule has 0 saturated heterocycles. The van der Waals surface area contributed by atoms with Crippen molar-refractivity contribution in [1.29, 1.82) is 0 Å². The first-order valence-corrected chi connectivity index (χ1v) is 8.94. The summed E-state index contributed by atoms with van der Waals surface area (Å²) in [5, 5.41) is 5.63. The van der Waals surface area contributed by atoms with Crippen LogP contribution in [0.2, 0.25) is 5.02 Å². The van der Waals surface area contributed by atoms with Crippen LogP contribution in [0.5, 0.6) is 0 Å². The van der Waals surface area contributed by atoms with Crippen molar-refractivity contribution < 1.29 is 26.8 Å². The number of carbonyl (C=O) groups excluding carboxylic acids is 1. The predicted molar refractivity (Wildman–Crippen MR) is 117 cm³/mol. The molecular weight excluding hydrogens is 413 g/mol. The van der Waals surface area contributed by atoms with Crippen LogP contribution in [0, 0.1) is 32.6 Å². The minimum absolute atomic E-state index is 0. The van der Waals surface area contributed by atoms with Crippen LogP contribution in [0.1, 0.15) is 19.8 Å². The van der Waals surface area contributed by atoms with Crippen molar-refractivity contribution in [3.8, 4) is 0 Å².